The number of hydrogen-bond acceptors (Lipinski definition) is 7. The van der Waals surface area contributed by atoms with Gasteiger partial charge in [0.2, 0.25) is 0 Å². The third-order valence-corrected chi connectivity index (χ3v) is 4.09. The van der Waals surface area contributed by atoms with E-state index in [0.717, 1.165) is 7.11 Å². The smallest absolute Gasteiger partial charge is 0.328 e. The molecule has 0 saturated carbocycles. The lowest BCUT2D eigenvalue weighted by molar-refractivity contribution is -0.179. The van der Waals surface area contributed by atoms with Gasteiger partial charge in [0.25, 0.3) is 10.5 Å². The predicted octanol–water partition coefficient (Wildman–Crippen LogP) is -1.99. The summed E-state index contributed by atoms with van der Waals surface area (Å²) in [6.07, 6.45) is -7.47. The van der Waals surface area contributed by atoms with Crippen molar-refractivity contribution in [2.24, 2.45) is 0 Å². The number of rotatable bonds is 3. The van der Waals surface area contributed by atoms with E-state index in [4.69, 9.17) is 14.6 Å². The first-order chi connectivity index (χ1) is 9.75. The summed E-state index contributed by atoms with van der Waals surface area (Å²) in [5.41, 5.74) is 0. The third-order valence-electron chi connectivity index (χ3n) is 3.34. The number of amides is 3. The standard InChI is InChI=1S/C10H14BrFN2O7/c1-20-8-10(11,12)7(18)13-9(19)14(8)6-5(17)4(16)3(2-15)21-6/h3-6,8,15-17H,2H2,1H3,(H,13,18,19)/t3-,4+,5?,6-,8?,10?/m1/s1. The number of imide groups is 1. The Labute approximate surface area is 126 Å². The Morgan fingerprint density at radius 1 is 1.48 bits per heavy atom. The van der Waals surface area contributed by atoms with Crippen LogP contribution in [-0.4, -0.2) is 81.2 Å². The maximum atomic E-state index is 14.3. The van der Waals surface area contributed by atoms with Crippen molar-refractivity contribution >= 4 is 27.9 Å². The predicted molar refractivity (Wildman–Crippen MR) is 66.7 cm³/mol. The van der Waals surface area contributed by atoms with Crippen molar-refractivity contribution in [3.05, 3.63) is 0 Å². The second-order valence-electron chi connectivity index (χ2n) is 4.61. The number of carbonyl (C=O) groups is 2. The van der Waals surface area contributed by atoms with Gasteiger partial charge >= 0.3 is 6.03 Å². The maximum Gasteiger partial charge on any atom is 0.328 e. The van der Waals surface area contributed by atoms with Crippen LogP contribution >= 0.6 is 15.9 Å². The van der Waals surface area contributed by atoms with Crippen LogP contribution in [-0.2, 0) is 14.3 Å². The van der Waals surface area contributed by atoms with Gasteiger partial charge in [0.1, 0.15) is 18.3 Å². The molecule has 2 fully saturated rings. The lowest BCUT2D eigenvalue weighted by atomic mass is 10.1. The molecule has 4 N–H and O–H groups in total. The molecule has 0 spiro atoms. The number of nitrogens with zero attached hydrogens (tertiary/aromatic N) is 1. The third kappa shape index (κ3) is 2.53. The van der Waals surface area contributed by atoms with E-state index in [1.165, 1.54) is 0 Å². The summed E-state index contributed by atoms with van der Waals surface area (Å²) in [6, 6.07) is -1.06. The van der Waals surface area contributed by atoms with Crippen LogP contribution in [0.2, 0.25) is 0 Å². The molecule has 120 valence electrons. The van der Waals surface area contributed by atoms with Crippen molar-refractivity contribution < 1.29 is 38.8 Å². The van der Waals surface area contributed by atoms with E-state index in [0.29, 0.717) is 4.90 Å². The van der Waals surface area contributed by atoms with E-state index in [9.17, 15) is 24.2 Å². The molecule has 6 atom stereocenters. The molecule has 0 radical (unpaired) electrons. The number of urea groups is 1. The number of alkyl halides is 2. The molecule has 9 nitrogen and oxygen atoms in total. The van der Waals surface area contributed by atoms with Crippen molar-refractivity contribution in [3.63, 3.8) is 0 Å². The molecule has 3 unspecified atom stereocenters. The number of carbonyl (C=O) groups excluding carboxylic acids is 2. The molecule has 0 aromatic heterocycles. The van der Waals surface area contributed by atoms with Gasteiger partial charge in [-0.15, -0.1) is 0 Å². The second kappa shape index (κ2) is 5.74. The van der Waals surface area contributed by atoms with Crippen LogP contribution in [0.5, 0.6) is 0 Å². The van der Waals surface area contributed by atoms with Crippen molar-refractivity contribution in [1.82, 2.24) is 10.2 Å². The van der Waals surface area contributed by atoms with E-state index in [1.54, 1.807) is 5.32 Å². The minimum atomic E-state index is -2.76. The maximum absolute atomic E-state index is 14.3. The van der Waals surface area contributed by atoms with Gasteiger partial charge in [-0.05, 0) is 15.9 Å². The van der Waals surface area contributed by atoms with Gasteiger partial charge in [0.15, 0.2) is 12.5 Å². The molecule has 2 heterocycles. The van der Waals surface area contributed by atoms with E-state index >= 15 is 0 Å². The zero-order valence-electron chi connectivity index (χ0n) is 10.8. The summed E-state index contributed by atoms with van der Waals surface area (Å²) in [5, 5.41) is 30.3. The lowest BCUT2D eigenvalue weighted by Gasteiger charge is -2.42. The Hall–Kier alpha value is -0.850. The van der Waals surface area contributed by atoms with Gasteiger partial charge in [0.05, 0.1) is 6.61 Å². The minimum Gasteiger partial charge on any atom is -0.394 e. The molecular formula is C10H14BrFN2O7. The Kier molecular flexibility index (Phi) is 4.52. The highest BCUT2D eigenvalue weighted by Gasteiger charge is 2.59. The van der Waals surface area contributed by atoms with Crippen LogP contribution in [0.15, 0.2) is 0 Å². The fourth-order valence-electron chi connectivity index (χ4n) is 2.26. The van der Waals surface area contributed by atoms with Crippen molar-refractivity contribution in [1.29, 1.82) is 0 Å². The molecule has 11 heteroatoms. The number of halogens is 2. The van der Waals surface area contributed by atoms with Gasteiger partial charge in [0, 0.05) is 7.11 Å². The number of aliphatic hydroxyl groups is 3. The van der Waals surface area contributed by atoms with Gasteiger partial charge < -0.3 is 24.8 Å². The number of nitrogens with one attached hydrogen (secondary N) is 1. The number of aliphatic hydroxyl groups excluding tert-OH is 3. The molecule has 2 rings (SSSR count). The monoisotopic (exact) mass is 372 g/mol. The number of hydrogen-bond donors (Lipinski definition) is 4. The molecule has 0 aromatic rings. The SMILES string of the molecule is COC1N([C@@H]2O[C@H](CO)[C@H](O)C2O)C(=O)NC(=O)C1(F)Br. The Morgan fingerprint density at radius 2 is 2.10 bits per heavy atom. The van der Waals surface area contributed by atoms with E-state index in [2.05, 4.69) is 15.9 Å². The first-order valence-corrected chi connectivity index (χ1v) is 6.71. The first-order valence-electron chi connectivity index (χ1n) is 5.92. The van der Waals surface area contributed by atoms with Crippen LogP contribution < -0.4 is 5.32 Å². The molecule has 0 aromatic carbocycles. The zero-order valence-corrected chi connectivity index (χ0v) is 12.4. The van der Waals surface area contributed by atoms with Crippen molar-refractivity contribution in [3.8, 4) is 0 Å². The van der Waals surface area contributed by atoms with Crippen LogP contribution in [0.1, 0.15) is 0 Å². The highest BCUT2D eigenvalue weighted by Crippen LogP contribution is 2.36. The largest absolute Gasteiger partial charge is 0.394 e. The number of methoxy groups -OCH3 is 1. The van der Waals surface area contributed by atoms with Crippen LogP contribution in [0, 0.1) is 0 Å². The highest BCUT2D eigenvalue weighted by atomic mass is 79.9. The van der Waals surface area contributed by atoms with Crippen molar-refractivity contribution in [2.75, 3.05) is 13.7 Å². The Morgan fingerprint density at radius 3 is 2.57 bits per heavy atom. The summed E-state index contributed by atoms with van der Waals surface area (Å²) in [4.78, 5) is 24.0. The Bertz CT molecular complexity index is 451. The Balaban J connectivity index is 2.32. The molecule has 21 heavy (non-hydrogen) atoms. The normalized spacial score (nSPS) is 44.1. The quantitative estimate of drug-likeness (QED) is 0.422. The van der Waals surface area contributed by atoms with Crippen molar-refractivity contribution in [2.45, 2.75) is 35.3 Å². The van der Waals surface area contributed by atoms with E-state index < -0.39 is 53.9 Å². The topological polar surface area (TPSA) is 129 Å². The van der Waals surface area contributed by atoms with Gasteiger partial charge in [-0.3, -0.25) is 15.0 Å². The lowest BCUT2D eigenvalue weighted by Crippen LogP contribution is -2.70. The summed E-state index contributed by atoms with van der Waals surface area (Å²) in [6.45, 7) is -0.615. The molecular weight excluding hydrogens is 359 g/mol. The summed E-state index contributed by atoms with van der Waals surface area (Å²) >= 11 is 2.52. The summed E-state index contributed by atoms with van der Waals surface area (Å²) < 4.78 is 21.5. The molecule has 0 aliphatic carbocycles. The highest BCUT2D eigenvalue weighted by molar-refractivity contribution is 9.10. The zero-order chi connectivity index (χ0) is 15.9. The van der Waals surface area contributed by atoms with Crippen LogP contribution in [0.25, 0.3) is 0 Å². The molecule has 0 bridgehead atoms. The van der Waals surface area contributed by atoms with E-state index in [1.807, 2.05) is 0 Å². The molecule has 2 aliphatic heterocycles. The average Bonchev–Trinajstić information content (AvgIpc) is 2.70. The fourth-order valence-corrected chi connectivity index (χ4v) is 2.77. The van der Waals surface area contributed by atoms with E-state index in [-0.39, 0.29) is 0 Å². The first kappa shape index (κ1) is 16.5. The molecule has 2 saturated heterocycles. The van der Waals surface area contributed by atoms with Gasteiger partial charge in [-0.1, -0.05) is 0 Å². The van der Waals surface area contributed by atoms with Crippen LogP contribution in [0.4, 0.5) is 9.18 Å². The summed E-state index contributed by atoms with van der Waals surface area (Å²) in [5.74, 6) is -1.26. The average molecular weight is 373 g/mol. The van der Waals surface area contributed by atoms with Gasteiger partial charge in [-0.25, -0.2) is 9.18 Å². The molecule has 3 amide bonds. The summed E-state index contributed by atoms with van der Waals surface area (Å²) in [7, 11) is 1.06. The minimum absolute atomic E-state index is 0.611. The van der Waals surface area contributed by atoms with Crippen LogP contribution in [0.3, 0.4) is 0 Å². The fraction of sp³-hybridized carbons (Fsp3) is 0.800. The molecule has 2 aliphatic rings. The second-order valence-corrected chi connectivity index (χ2v) is 5.76. The number of ether oxygens (including phenoxy) is 2. The van der Waals surface area contributed by atoms with Gasteiger partial charge in [-0.2, -0.15) is 0 Å².